The summed E-state index contributed by atoms with van der Waals surface area (Å²) in [5.74, 6) is -0.228. The van der Waals surface area contributed by atoms with E-state index < -0.39 is 0 Å². The summed E-state index contributed by atoms with van der Waals surface area (Å²) in [5, 5.41) is 3.04. The number of anilines is 1. The molecule has 126 valence electrons. The Morgan fingerprint density at radius 1 is 1.12 bits per heavy atom. The number of hydrogen-bond acceptors (Lipinski definition) is 4. The molecule has 2 aromatic rings. The van der Waals surface area contributed by atoms with E-state index in [4.69, 9.17) is 4.74 Å². The number of benzene rings is 2. The summed E-state index contributed by atoms with van der Waals surface area (Å²) in [4.78, 5) is 14.7. The SMILES string of the molecule is CNc1cccc(C(=O)OC2CCN(Cc3ccccc3)CC2)c1. The van der Waals surface area contributed by atoms with Crippen LogP contribution >= 0.6 is 0 Å². The number of likely N-dealkylation sites (tertiary alicyclic amines) is 1. The molecular formula is C20H24N2O2. The molecule has 0 saturated carbocycles. The van der Waals surface area contributed by atoms with Gasteiger partial charge in [0.25, 0.3) is 0 Å². The van der Waals surface area contributed by atoms with Crippen LogP contribution in [-0.2, 0) is 11.3 Å². The van der Waals surface area contributed by atoms with E-state index in [0.717, 1.165) is 38.2 Å². The van der Waals surface area contributed by atoms with Crippen molar-refractivity contribution in [1.82, 2.24) is 4.90 Å². The Labute approximate surface area is 143 Å². The normalized spacial score (nSPS) is 15.9. The lowest BCUT2D eigenvalue weighted by Crippen LogP contribution is -2.37. The van der Waals surface area contributed by atoms with Gasteiger partial charge in [0.05, 0.1) is 5.56 Å². The first-order valence-electron chi connectivity index (χ1n) is 8.49. The number of piperidine rings is 1. The van der Waals surface area contributed by atoms with E-state index >= 15 is 0 Å². The first kappa shape index (κ1) is 16.5. The molecule has 1 heterocycles. The summed E-state index contributed by atoms with van der Waals surface area (Å²) in [6.45, 7) is 2.89. The maximum Gasteiger partial charge on any atom is 0.338 e. The second-order valence-electron chi connectivity index (χ2n) is 6.20. The number of nitrogens with one attached hydrogen (secondary N) is 1. The minimum Gasteiger partial charge on any atom is -0.459 e. The average Bonchev–Trinajstić information content (AvgIpc) is 2.64. The van der Waals surface area contributed by atoms with Crippen LogP contribution in [0.5, 0.6) is 0 Å². The van der Waals surface area contributed by atoms with Gasteiger partial charge in [-0.3, -0.25) is 4.90 Å². The molecule has 0 unspecified atom stereocenters. The zero-order valence-electron chi connectivity index (χ0n) is 14.1. The summed E-state index contributed by atoms with van der Waals surface area (Å²) >= 11 is 0. The number of carbonyl (C=O) groups excluding carboxylic acids is 1. The fraction of sp³-hybridized carbons (Fsp3) is 0.350. The summed E-state index contributed by atoms with van der Waals surface area (Å²) in [6, 6.07) is 17.9. The van der Waals surface area contributed by atoms with Crippen molar-refractivity contribution in [3.63, 3.8) is 0 Å². The van der Waals surface area contributed by atoms with Gasteiger partial charge in [0, 0.05) is 32.4 Å². The van der Waals surface area contributed by atoms with Gasteiger partial charge < -0.3 is 10.1 Å². The standard InChI is InChI=1S/C20H24N2O2/c1-21-18-9-5-8-17(14-18)20(23)24-19-10-12-22(13-11-19)15-16-6-3-2-4-7-16/h2-9,14,19,21H,10-13,15H2,1H3. The third-order valence-corrected chi connectivity index (χ3v) is 4.44. The lowest BCUT2D eigenvalue weighted by Gasteiger charge is -2.31. The highest BCUT2D eigenvalue weighted by Crippen LogP contribution is 2.18. The van der Waals surface area contributed by atoms with Crippen LogP contribution in [0.1, 0.15) is 28.8 Å². The minimum atomic E-state index is -0.228. The Kier molecular flexibility index (Phi) is 5.49. The van der Waals surface area contributed by atoms with E-state index in [2.05, 4.69) is 34.5 Å². The Morgan fingerprint density at radius 3 is 2.58 bits per heavy atom. The summed E-state index contributed by atoms with van der Waals surface area (Å²) in [6.07, 6.45) is 1.80. The van der Waals surface area contributed by atoms with Crippen molar-refractivity contribution in [2.45, 2.75) is 25.5 Å². The Balaban J connectivity index is 1.49. The first-order valence-corrected chi connectivity index (χ1v) is 8.49. The van der Waals surface area contributed by atoms with E-state index in [1.807, 2.05) is 31.3 Å². The maximum absolute atomic E-state index is 12.3. The van der Waals surface area contributed by atoms with Gasteiger partial charge in [0.1, 0.15) is 6.10 Å². The maximum atomic E-state index is 12.3. The minimum absolute atomic E-state index is 0.0164. The van der Waals surface area contributed by atoms with Crippen molar-refractivity contribution in [2.75, 3.05) is 25.5 Å². The number of ether oxygens (including phenoxy) is 1. The monoisotopic (exact) mass is 324 g/mol. The molecule has 0 radical (unpaired) electrons. The molecule has 1 aliphatic heterocycles. The van der Waals surface area contributed by atoms with Crippen LogP contribution in [0.3, 0.4) is 0 Å². The topological polar surface area (TPSA) is 41.6 Å². The molecular weight excluding hydrogens is 300 g/mol. The van der Waals surface area contributed by atoms with Gasteiger partial charge in [0.15, 0.2) is 0 Å². The molecule has 1 N–H and O–H groups in total. The van der Waals surface area contributed by atoms with E-state index in [1.165, 1.54) is 5.56 Å². The highest BCUT2D eigenvalue weighted by Gasteiger charge is 2.23. The molecule has 0 spiro atoms. The third kappa shape index (κ3) is 4.36. The van der Waals surface area contributed by atoms with Crippen molar-refractivity contribution >= 4 is 11.7 Å². The van der Waals surface area contributed by atoms with Crippen molar-refractivity contribution in [3.05, 3.63) is 65.7 Å². The van der Waals surface area contributed by atoms with Crippen LogP contribution in [0.2, 0.25) is 0 Å². The molecule has 0 atom stereocenters. The largest absolute Gasteiger partial charge is 0.459 e. The number of nitrogens with zero attached hydrogens (tertiary/aromatic N) is 1. The molecule has 0 bridgehead atoms. The van der Waals surface area contributed by atoms with E-state index in [9.17, 15) is 4.79 Å². The summed E-state index contributed by atoms with van der Waals surface area (Å²) in [7, 11) is 1.84. The quantitative estimate of drug-likeness (QED) is 0.854. The Morgan fingerprint density at radius 2 is 1.88 bits per heavy atom. The predicted octanol–water partition coefficient (Wildman–Crippen LogP) is 3.55. The van der Waals surface area contributed by atoms with Gasteiger partial charge in [-0.1, -0.05) is 36.4 Å². The predicted molar refractivity (Wildman–Crippen MR) is 96.1 cm³/mol. The van der Waals surface area contributed by atoms with Crippen molar-refractivity contribution in [3.8, 4) is 0 Å². The number of carbonyl (C=O) groups is 1. The molecule has 24 heavy (non-hydrogen) atoms. The molecule has 4 nitrogen and oxygen atoms in total. The lowest BCUT2D eigenvalue weighted by molar-refractivity contribution is 0.0104. The van der Waals surface area contributed by atoms with Gasteiger partial charge in [-0.05, 0) is 36.6 Å². The van der Waals surface area contributed by atoms with E-state index in [0.29, 0.717) is 5.56 Å². The smallest absolute Gasteiger partial charge is 0.338 e. The highest BCUT2D eigenvalue weighted by atomic mass is 16.5. The summed E-state index contributed by atoms with van der Waals surface area (Å²) in [5.41, 5.74) is 2.85. The molecule has 0 amide bonds. The van der Waals surface area contributed by atoms with Gasteiger partial charge in [-0.25, -0.2) is 4.79 Å². The number of rotatable bonds is 5. The highest BCUT2D eigenvalue weighted by molar-refractivity contribution is 5.90. The molecule has 1 saturated heterocycles. The second-order valence-corrected chi connectivity index (χ2v) is 6.20. The van der Waals surface area contributed by atoms with Crippen LogP contribution in [0.15, 0.2) is 54.6 Å². The van der Waals surface area contributed by atoms with Crippen LogP contribution in [0.25, 0.3) is 0 Å². The third-order valence-electron chi connectivity index (χ3n) is 4.44. The van der Waals surface area contributed by atoms with E-state index in [1.54, 1.807) is 6.07 Å². The lowest BCUT2D eigenvalue weighted by atomic mass is 10.1. The van der Waals surface area contributed by atoms with Crippen molar-refractivity contribution in [2.24, 2.45) is 0 Å². The van der Waals surface area contributed by atoms with Gasteiger partial charge in [0.2, 0.25) is 0 Å². The van der Waals surface area contributed by atoms with Gasteiger partial charge in [-0.2, -0.15) is 0 Å². The van der Waals surface area contributed by atoms with Crippen LogP contribution in [0.4, 0.5) is 5.69 Å². The van der Waals surface area contributed by atoms with Crippen LogP contribution < -0.4 is 5.32 Å². The van der Waals surface area contributed by atoms with Gasteiger partial charge >= 0.3 is 5.97 Å². The molecule has 0 aliphatic carbocycles. The number of esters is 1. The second kappa shape index (κ2) is 7.97. The van der Waals surface area contributed by atoms with Crippen LogP contribution in [-0.4, -0.2) is 37.1 Å². The molecule has 3 rings (SSSR count). The first-order chi connectivity index (χ1) is 11.7. The molecule has 0 aromatic heterocycles. The van der Waals surface area contributed by atoms with Crippen LogP contribution in [0, 0.1) is 0 Å². The number of hydrogen-bond donors (Lipinski definition) is 1. The molecule has 4 heteroatoms. The van der Waals surface area contributed by atoms with Gasteiger partial charge in [-0.15, -0.1) is 0 Å². The van der Waals surface area contributed by atoms with E-state index in [-0.39, 0.29) is 12.1 Å². The fourth-order valence-electron chi connectivity index (χ4n) is 3.05. The Hall–Kier alpha value is -2.33. The van der Waals surface area contributed by atoms with Crippen molar-refractivity contribution in [1.29, 1.82) is 0 Å². The Bertz CT molecular complexity index is 664. The molecule has 1 fully saturated rings. The fourth-order valence-corrected chi connectivity index (χ4v) is 3.05. The average molecular weight is 324 g/mol. The zero-order valence-corrected chi connectivity index (χ0v) is 14.1. The summed E-state index contributed by atoms with van der Waals surface area (Å²) < 4.78 is 5.68. The van der Waals surface area contributed by atoms with Crippen molar-refractivity contribution < 1.29 is 9.53 Å². The molecule has 2 aromatic carbocycles. The zero-order chi connectivity index (χ0) is 16.8. The molecule has 1 aliphatic rings.